The van der Waals surface area contributed by atoms with Crippen LogP contribution in [0.25, 0.3) is 22.6 Å². The molecule has 0 spiro atoms. The van der Waals surface area contributed by atoms with Gasteiger partial charge in [-0.15, -0.1) is 0 Å². The first kappa shape index (κ1) is 25.8. The summed E-state index contributed by atoms with van der Waals surface area (Å²) in [5.41, 5.74) is 10.4. The second-order valence-electron chi connectivity index (χ2n) is 9.53. The van der Waals surface area contributed by atoms with Crippen LogP contribution in [0, 0.1) is 5.82 Å². The molecule has 0 saturated heterocycles. The van der Waals surface area contributed by atoms with Crippen molar-refractivity contribution in [3.05, 3.63) is 78.0 Å². The van der Waals surface area contributed by atoms with Crippen LogP contribution >= 0.6 is 0 Å². The molecule has 0 saturated carbocycles. The van der Waals surface area contributed by atoms with E-state index in [0.717, 1.165) is 67.4 Å². The fraction of sp³-hybridized carbons (Fsp3) is 0.345. The number of nitrogen functional groups attached to an aromatic ring is 1. The summed E-state index contributed by atoms with van der Waals surface area (Å²) in [5, 5.41) is 0. The first-order valence-corrected chi connectivity index (χ1v) is 12.9. The predicted molar refractivity (Wildman–Crippen MR) is 145 cm³/mol. The van der Waals surface area contributed by atoms with Crippen molar-refractivity contribution in [3.63, 3.8) is 0 Å². The van der Waals surface area contributed by atoms with E-state index in [-0.39, 0.29) is 17.8 Å². The van der Waals surface area contributed by atoms with E-state index in [1.807, 2.05) is 18.2 Å². The number of hydrogen-bond acceptors (Lipinski definition) is 7. The Balaban J connectivity index is 1.50. The van der Waals surface area contributed by atoms with Crippen LogP contribution in [0.4, 0.5) is 10.3 Å². The van der Waals surface area contributed by atoms with E-state index in [2.05, 4.69) is 31.6 Å². The largest absolute Gasteiger partial charge is 0.497 e. The maximum absolute atomic E-state index is 13.7. The quantitative estimate of drug-likeness (QED) is 0.287. The maximum Gasteiger partial charge on any atom is 0.220 e. The zero-order chi connectivity index (χ0) is 26.5. The normalized spacial score (nSPS) is 14.7. The van der Waals surface area contributed by atoms with Crippen LogP contribution < -0.4 is 10.5 Å². The lowest BCUT2D eigenvalue weighted by molar-refractivity contribution is 0.161. The molecule has 2 N–H and O–H groups in total. The molecule has 38 heavy (non-hydrogen) atoms. The molecule has 0 radical (unpaired) electrons. The van der Waals surface area contributed by atoms with Crippen LogP contribution in [0.2, 0.25) is 0 Å². The number of methoxy groups -OCH3 is 2. The molecule has 198 valence electrons. The van der Waals surface area contributed by atoms with Crippen molar-refractivity contribution in [1.29, 1.82) is 0 Å². The van der Waals surface area contributed by atoms with Crippen LogP contribution in [-0.2, 0) is 17.7 Å². The van der Waals surface area contributed by atoms with Gasteiger partial charge in [-0.2, -0.15) is 0 Å². The van der Waals surface area contributed by atoms with E-state index < -0.39 is 0 Å². The van der Waals surface area contributed by atoms with Crippen molar-refractivity contribution in [3.8, 4) is 28.4 Å². The zero-order valence-corrected chi connectivity index (χ0v) is 21.8. The summed E-state index contributed by atoms with van der Waals surface area (Å²) in [4.78, 5) is 16.1. The fourth-order valence-corrected chi connectivity index (χ4v) is 5.20. The Bertz CT molecular complexity index is 1370. The van der Waals surface area contributed by atoms with Gasteiger partial charge in [-0.25, -0.2) is 19.3 Å². The topological polar surface area (TPSA) is 91.3 Å². The highest BCUT2D eigenvalue weighted by Gasteiger charge is 2.32. The summed E-state index contributed by atoms with van der Waals surface area (Å²) in [6.45, 7) is 3.23. The van der Waals surface area contributed by atoms with Gasteiger partial charge in [-0.1, -0.05) is 12.1 Å². The van der Waals surface area contributed by atoms with Gasteiger partial charge < -0.3 is 19.8 Å². The minimum atomic E-state index is -0.282. The Kier molecular flexibility index (Phi) is 7.95. The number of hydrogen-bond donors (Lipinski definition) is 1. The van der Waals surface area contributed by atoms with Crippen LogP contribution in [0.15, 0.2) is 60.8 Å². The van der Waals surface area contributed by atoms with Crippen molar-refractivity contribution >= 4 is 5.95 Å². The molecular weight excluding hydrogens is 483 g/mol. The van der Waals surface area contributed by atoms with Crippen LogP contribution in [0.3, 0.4) is 0 Å². The minimum absolute atomic E-state index is 0.186. The third kappa shape index (κ3) is 5.69. The summed E-state index contributed by atoms with van der Waals surface area (Å²) in [5.74, 6) is 1.77. The monoisotopic (exact) mass is 516 g/mol. The summed E-state index contributed by atoms with van der Waals surface area (Å²) in [6.07, 6.45) is 4.42. The van der Waals surface area contributed by atoms with Gasteiger partial charge in [0.15, 0.2) is 0 Å². The maximum atomic E-state index is 13.7. The number of benzene rings is 2. The van der Waals surface area contributed by atoms with Gasteiger partial charge in [0.25, 0.3) is 0 Å². The minimum Gasteiger partial charge on any atom is -0.497 e. The van der Waals surface area contributed by atoms with E-state index in [9.17, 15) is 4.39 Å². The van der Waals surface area contributed by atoms with Gasteiger partial charge in [0.05, 0.1) is 24.2 Å². The molecule has 2 aromatic carbocycles. The molecule has 1 atom stereocenters. The van der Waals surface area contributed by atoms with E-state index in [0.29, 0.717) is 12.3 Å². The molecule has 0 bridgehead atoms. The number of rotatable bonds is 11. The number of nitrogens with zero attached hydrogens (tertiary/aromatic N) is 5. The first-order chi connectivity index (χ1) is 18.6. The molecule has 3 heterocycles. The third-order valence-corrected chi connectivity index (χ3v) is 6.92. The highest BCUT2D eigenvalue weighted by molar-refractivity contribution is 5.78. The lowest BCUT2D eigenvalue weighted by Crippen LogP contribution is -2.31. The van der Waals surface area contributed by atoms with Crippen molar-refractivity contribution in [2.75, 3.05) is 39.6 Å². The van der Waals surface area contributed by atoms with Crippen molar-refractivity contribution < 1.29 is 13.9 Å². The molecule has 0 amide bonds. The van der Waals surface area contributed by atoms with Crippen molar-refractivity contribution in [2.24, 2.45) is 0 Å². The standard InChI is InChI=1S/C29H33FN6O2/c1-37-16-4-15-35(18-20-5-3-6-24(17-20)38-2)19-23-11-12-26-34-27(21-7-9-22(30)10-8-21)28(36(23)26)25-13-14-32-29(31)33-25/h3,5-10,13-14,17,23H,4,11-12,15-16,18-19H2,1-2H3,(H2,31,32,33). The first-order valence-electron chi connectivity index (χ1n) is 12.9. The lowest BCUT2D eigenvalue weighted by Gasteiger charge is -2.27. The number of imidazole rings is 1. The smallest absolute Gasteiger partial charge is 0.220 e. The number of ether oxygens (including phenoxy) is 2. The van der Waals surface area contributed by atoms with Crippen LogP contribution in [0.5, 0.6) is 5.75 Å². The fourth-order valence-electron chi connectivity index (χ4n) is 5.20. The van der Waals surface area contributed by atoms with Gasteiger partial charge in [0.1, 0.15) is 17.4 Å². The van der Waals surface area contributed by atoms with Gasteiger partial charge in [0, 0.05) is 57.6 Å². The predicted octanol–water partition coefficient (Wildman–Crippen LogP) is 4.76. The molecular formula is C29H33FN6O2. The Morgan fingerprint density at radius 1 is 1.11 bits per heavy atom. The van der Waals surface area contributed by atoms with Crippen molar-refractivity contribution in [2.45, 2.75) is 31.8 Å². The van der Waals surface area contributed by atoms with Crippen LogP contribution in [-0.4, -0.2) is 58.3 Å². The molecule has 1 aliphatic heterocycles. The number of aromatic nitrogens is 4. The Morgan fingerprint density at radius 3 is 2.71 bits per heavy atom. The summed E-state index contributed by atoms with van der Waals surface area (Å²) in [6, 6.07) is 16.7. The Labute approximate surface area is 222 Å². The van der Waals surface area contributed by atoms with Gasteiger partial charge in [-0.3, -0.25) is 4.90 Å². The average Bonchev–Trinajstić information content (AvgIpc) is 3.49. The van der Waals surface area contributed by atoms with Gasteiger partial charge in [0.2, 0.25) is 5.95 Å². The zero-order valence-electron chi connectivity index (χ0n) is 21.8. The number of nitrogens with two attached hydrogens (primary N) is 1. The number of fused-ring (bicyclic) bond motifs is 1. The molecule has 1 unspecified atom stereocenters. The van der Waals surface area contributed by atoms with E-state index in [1.54, 1.807) is 32.5 Å². The van der Waals surface area contributed by atoms with E-state index >= 15 is 0 Å². The highest BCUT2D eigenvalue weighted by atomic mass is 19.1. The molecule has 2 aromatic heterocycles. The number of anilines is 1. The van der Waals surface area contributed by atoms with Gasteiger partial charge >= 0.3 is 0 Å². The number of halogens is 1. The molecule has 5 rings (SSSR count). The molecule has 4 aromatic rings. The Morgan fingerprint density at radius 2 is 1.95 bits per heavy atom. The molecule has 0 aliphatic carbocycles. The van der Waals surface area contributed by atoms with Crippen molar-refractivity contribution in [1.82, 2.24) is 24.4 Å². The molecule has 9 heteroatoms. The number of aryl methyl sites for hydroxylation is 1. The second-order valence-corrected chi connectivity index (χ2v) is 9.53. The Hall–Kier alpha value is -3.82. The van der Waals surface area contributed by atoms with E-state index in [4.69, 9.17) is 20.2 Å². The van der Waals surface area contributed by atoms with Crippen LogP contribution in [0.1, 0.15) is 30.3 Å². The molecule has 8 nitrogen and oxygen atoms in total. The lowest BCUT2D eigenvalue weighted by atomic mass is 10.1. The molecule has 0 fully saturated rings. The highest BCUT2D eigenvalue weighted by Crippen LogP contribution is 2.39. The second kappa shape index (κ2) is 11.7. The van der Waals surface area contributed by atoms with E-state index in [1.165, 1.54) is 17.7 Å². The summed E-state index contributed by atoms with van der Waals surface area (Å²) < 4.78 is 26.8. The summed E-state index contributed by atoms with van der Waals surface area (Å²) >= 11 is 0. The SMILES string of the molecule is COCCCN(Cc1cccc(OC)c1)CC1CCc2nc(-c3ccc(F)cc3)c(-c3ccnc(N)n3)n21. The summed E-state index contributed by atoms with van der Waals surface area (Å²) in [7, 11) is 3.42. The molecule has 1 aliphatic rings. The van der Waals surface area contributed by atoms with Gasteiger partial charge in [-0.05, 0) is 60.9 Å². The average molecular weight is 517 g/mol. The third-order valence-electron chi connectivity index (χ3n) is 6.92.